The molecule has 0 unspecified atom stereocenters. The normalized spacial score (nSPS) is 31.2. The van der Waals surface area contributed by atoms with E-state index >= 15 is 0 Å². The Morgan fingerprint density at radius 2 is 1.82 bits per heavy atom. The Kier molecular flexibility index (Phi) is 4.85. The molecule has 6 nitrogen and oxygen atoms in total. The molecule has 2 aromatic rings. The zero-order valence-electron chi connectivity index (χ0n) is 16.4. The van der Waals surface area contributed by atoms with Gasteiger partial charge in [0.1, 0.15) is 0 Å². The molecular formula is C22H30N4O2. The van der Waals surface area contributed by atoms with Crippen molar-refractivity contribution in [1.82, 2.24) is 19.4 Å². The van der Waals surface area contributed by atoms with Crippen LogP contribution in [0.15, 0.2) is 30.6 Å². The molecule has 3 heterocycles. The molecule has 5 rings (SSSR count). The summed E-state index contributed by atoms with van der Waals surface area (Å²) >= 11 is 0. The van der Waals surface area contributed by atoms with Crippen molar-refractivity contribution < 1.29 is 9.90 Å². The van der Waals surface area contributed by atoms with E-state index in [4.69, 9.17) is 0 Å². The summed E-state index contributed by atoms with van der Waals surface area (Å²) in [5.41, 5.74) is 2.08. The first-order valence-electron chi connectivity index (χ1n) is 10.8. The van der Waals surface area contributed by atoms with E-state index in [9.17, 15) is 9.90 Å². The van der Waals surface area contributed by atoms with Gasteiger partial charge in [0, 0.05) is 26.2 Å². The van der Waals surface area contributed by atoms with Gasteiger partial charge < -0.3 is 14.6 Å². The highest BCUT2D eigenvalue weighted by atomic mass is 16.3. The Labute approximate surface area is 166 Å². The summed E-state index contributed by atoms with van der Waals surface area (Å²) in [6.07, 6.45) is 6.84. The molecule has 1 aromatic carbocycles. The third-order valence-corrected chi connectivity index (χ3v) is 7.09. The first-order chi connectivity index (χ1) is 13.7. The lowest BCUT2D eigenvalue weighted by Gasteiger charge is -2.36. The van der Waals surface area contributed by atoms with Gasteiger partial charge in [-0.05, 0) is 56.1 Å². The number of piperidine rings is 1. The number of benzene rings is 1. The predicted molar refractivity (Wildman–Crippen MR) is 108 cm³/mol. The Hall–Kier alpha value is -1.92. The Morgan fingerprint density at radius 3 is 2.64 bits per heavy atom. The third-order valence-electron chi connectivity index (χ3n) is 7.09. The van der Waals surface area contributed by atoms with Crippen molar-refractivity contribution in [2.45, 2.75) is 44.2 Å². The summed E-state index contributed by atoms with van der Waals surface area (Å²) in [7, 11) is 0. The minimum absolute atomic E-state index is 0.0754. The number of para-hydroxylation sites is 2. The molecule has 1 aromatic heterocycles. The van der Waals surface area contributed by atoms with Crippen LogP contribution >= 0.6 is 0 Å². The Bertz CT molecular complexity index is 844. The molecule has 0 radical (unpaired) electrons. The largest absolute Gasteiger partial charge is 0.391 e. The number of aliphatic hydroxyl groups is 1. The number of fused-ring (bicyclic) bond motifs is 2. The van der Waals surface area contributed by atoms with E-state index in [1.807, 2.05) is 29.4 Å². The van der Waals surface area contributed by atoms with E-state index in [0.29, 0.717) is 18.4 Å². The molecule has 1 saturated carbocycles. The van der Waals surface area contributed by atoms with Crippen LogP contribution in [0.4, 0.5) is 0 Å². The van der Waals surface area contributed by atoms with Crippen molar-refractivity contribution >= 4 is 16.9 Å². The number of imidazole rings is 1. The summed E-state index contributed by atoms with van der Waals surface area (Å²) in [6.45, 7) is 4.31. The highest BCUT2D eigenvalue weighted by Crippen LogP contribution is 2.42. The Balaban J connectivity index is 1.26. The lowest BCUT2D eigenvalue weighted by atomic mass is 9.77. The van der Waals surface area contributed by atoms with Crippen LogP contribution in [0.25, 0.3) is 11.0 Å². The number of likely N-dealkylation sites (tertiary alicyclic amines) is 2. The average Bonchev–Trinajstić information content (AvgIpc) is 3.31. The first kappa shape index (κ1) is 18.1. The number of aromatic nitrogens is 2. The van der Waals surface area contributed by atoms with Crippen LogP contribution in [0, 0.1) is 11.8 Å². The molecule has 0 bridgehead atoms. The van der Waals surface area contributed by atoms with Gasteiger partial charge in [0.15, 0.2) is 0 Å². The molecule has 2 aliphatic heterocycles. The number of aliphatic hydroxyl groups excluding tert-OH is 1. The monoisotopic (exact) mass is 382 g/mol. The van der Waals surface area contributed by atoms with Gasteiger partial charge in [0.2, 0.25) is 5.91 Å². The van der Waals surface area contributed by atoms with Crippen molar-refractivity contribution in [3.8, 4) is 0 Å². The minimum Gasteiger partial charge on any atom is -0.391 e. The summed E-state index contributed by atoms with van der Waals surface area (Å²) in [4.78, 5) is 21.5. The fraction of sp³-hybridized carbons (Fsp3) is 0.636. The average molecular weight is 383 g/mol. The van der Waals surface area contributed by atoms with Gasteiger partial charge >= 0.3 is 0 Å². The van der Waals surface area contributed by atoms with E-state index in [-0.39, 0.29) is 18.1 Å². The second kappa shape index (κ2) is 7.48. The molecule has 6 heteroatoms. The van der Waals surface area contributed by atoms with Gasteiger partial charge in [-0.3, -0.25) is 9.69 Å². The number of amides is 1. The number of nitrogens with zero attached hydrogens (tertiary/aromatic N) is 4. The van der Waals surface area contributed by atoms with Gasteiger partial charge in [0.05, 0.1) is 36.1 Å². The van der Waals surface area contributed by atoms with Crippen LogP contribution in [0.3, 0.4) is 0 Å². The van der Waals surface area contributed by atoms with Gasteiger partial charge in [-0.15, -0.1) is 0 Å². The van der Waals surface area contributed by atoms with Crippen molar-refractivity contribution in [3.05, 3.63) is 30.6 Å². The zero-order chi connectivity index (χ0) is 19.1. The second-order valence-corrected chi connectivity index (χ2v) is 8.90. The van der Waals surface area contributed by atoms with Crippen molar-refractivity contribution in [3.63, 3.8) is 0 Å². The molecule has 1 amide bonds. The lowest BCUT2D eigenvalue weighted by Crippen LogP contribution is -2.42. The highest BCUT2D eigenvalue weighted by molar-refractivity contribution is 5.78. The molecule has 2 saturated heterocycles. The summed E-state index contributed by atoms with van der Waals surface area (Å²) in [5.74, 6) is 1.33. The fourth-order valence-corrected chi connectivity index (χ4v) is 5.61. The molecule has 3 aliphatic rings. The molecule has 1 aliphatic carbocycles. The van der Waals surface area contributed by atoms with Crippen LogP contribution in [0.5, 0.6) is 0 Å². The number of hydrogen-bond donors (Lipinski definition) is 1. The third kappa shape index (κ3) is 3.33. The van der Waals surface area contributed by atoms with Gasteiger partial charge in [-0.1, -0.05) is 12.1 Å². The summed E-state index contributed by atoms with van der Waals surface area (Å²) in [5, 5.41) is 10.9. The Morgan fingerprint density at radius 1 is 1.07 bits per heavy atom. The fourth-order valence-electron chi connectivity index (χ4n) is 5.61. The molecular weight excluding hydrogens is 352 g/mol. The van der Waals surface area contributed by atoms with Crippen LogP contribution in [-0.4, -0.2) is 69.2 Å². The van der Waals surface area contributed by atoms with Gasteiger partial charge in [-0.25, -0.2) is 4.98 Å². The topological polar surface area (TPSA) is 61.6 Å². The van der Waals surface area contributed by atoms with Crippen LogP contribution in [0.2, 0.25) is 0 Å². The highest BCUT2D eigenvalue weighted by Gasteiger charge is 2.43. The van der Waals surface area contributed by atoms with E-state index in [1.165, 1.54) is 6.42 Å². The van der Waals surface area contributed by atoms with Crippen molar-refractivity contribution in [2.75, 3.05) is 32.7 Å². The van der Waals surface area contributed by atoms with Crippen molar-refractivity contribution in [2.24, 2.45) is 11.8 Å². The van der Waals surface area contributed by atoms with Crippen LogP contribution < -0.4 is 0 Å². The molecule has 0 spiro atoms. The number of carbonyl (C=O) groups is 1. The molecule has 28 heavy (non-hydrogen) atoms. The lowest BCUT2D eigenvalue weighted by molar-refractivity contribution is -0.133. The number of carbonyl (C=O) groups excluding carboxylic acids is 1. The SMILES string of the molecule is O=C(CN1C[C@H]2C[C@@H](n3cnc4ccccc43)[C@H](O)C[C@H]2C1)N1CCCCC1. The predicted octanol–water partition coefficient (Wildman–Crippen LogP) is 2.29. The van der Waals surface area contributed by atoms with E-state index < -0.39 is 0 Å². The van der Waals surface area contributed by atoms with E-state index in [1.54, 1.807) is 0 Å². The first-order valence-corrected chi connectivity index (χ1v) is 10.8. The van der Waals surface area contributed by atoms with Gasteiger partial charge in [-0.2, -0.15) is 0 Å². The second-order valence-electron chi connectivity index (χ2n) is 8.90. The summed E-state index contributed by atoms with van der Waals surface area (Å²) < 4.78 is 2.16. The maximum absolute atomic E-state index is 12.6. The maximum atomic E-state index is 12.6. The summed E-state index contributed by atoms with van der Waals surface area (Å²) in [6, 6.07) is 8.21. The van der Waals surface area contributed by atoms with Crippen LogP contribution in [-0.2, 0) is 4.79 Å². The van der Waals surface area contributed by atoms with E-state index in [2.05, 4.69) is 20.5 Å². The van der Waals surface area contributed by atoms with Crippen molar-refractivity contribution in [1.29, 1.82) is 0 Å². The maximum Gasteiger partial charge on any atom is 0.236 e. The standard InChI is InChI=1S/C22H30N4O2/c27-21-11-17-13-24(14-22(28)25-8-4-1-5-9-25)12-16(17)10-20(21)26-15-23-18-6-2-3-7-19(18)26/h2-3,6-7,15-17,20-21,27H,1,4-5,8-14H2/t16-,17+,20-,21-/m1/s1. The number of hydrogen-bond acceptors (Lipinski definition) is 4. The minimum atomic E-state index is -0.350. The van der Waals surface area contributed by atoms with E-state index in [0.717, 1.165) is 62.9 Å². The molecule has 4 atom stereocenters. The van der Waals surface area contributed by atoms with Crippen LogP contribution in [0.1, 0.15) is 38.1 Å². The zero-order valence-corrected chi connectivity index (χ0v) is 16.4. The smallest absolute Gasteiger partial charge is 0.236 e. The number of rotatable bonds is 3. The molecule has 150 valence electrons. The molecule has 1 N–H and O–H groups in total. The van der Waals surface area contributed by atoms with Gasteiger partial charge in [0.25, 0.3) is 0 Å². The molecule has 3 fully saturated rings. The quantitative estimate of drug-likeness (QED) is 0.885.